The average Bonchev–Trinajstić information content (AvgIpc) is 2.68. The van der Waals surface area contributed by atoms with Gasteiger partial charge in [0.2, 0.25) is 5.95 Å². The van der Waals surface area contributed by atoms with E-state index in [-0.39, 0.29) is 0 Å². The summed E-state index contributed by atoms with van der Waals surface area (Å²) in [6.45, 7) is 5.13. The molecular formula is C12H23N3O2. The van der Waals surface area contributed by atoms with Crippen LogP contribution in [0.5, 0.6) is 0 Å². The molecule has 0 aliphatic carbocycles. The van der Waals surface area contributed by atoms with Crippen LogP contribution < -0.4 is 5.32 Å². The van der Waals surface area contributed by atoms with E-state index < -0.39 is 0 Å². The fraction of sp³-hybridized carbons (Fsp3) is 0.750. The van der Waals surface area contributed by atoms with Crippen molar-refractivity contribution in [2.24, 2.45) is 0 Å². The Morgan fingerprint density at radius 1 is 1.29 bits per heavy atom. The van der Waals surface area contributed by atoms with Crippen LogP contribution in [0.1, 0.15) is 18.5 Å². The quantitative estimate of drug-likeness (QED) is 0.668. The molecule has 0 bridgehead atoms. The number of rotatable bonds is 9. The van der Waals surface area contributed by atoms with E-state index in [0.717, 1.165) is 37.6 Å². The SMILES string of the molecule is CNc1nc(C)cn1CCCCOCCOC. The van der Waals surface area contributed by atoms with Gasteiger partial charge in [0.15, 0.2) is 0 Å². The lowest BCUT2D eigenvalue weighted by atomic mass is 10.3. The number of hydrogen-bond donors (Lipinski definition) is 1. The second-order valence-electron chi connectivity index (χ2n) is 3.96. The third-order valence-corrected chi connectivity index (χ3v) is 2.49. The number of unbranched alkanes of at least 4 members (excludes halogenated alkanes) is 1. The Morgan fingerprint density at radius 2 is 2.12 bits per heavy atom. The lowest BCUT2D eigenvalue weighted by Gasteiger charge is -2.07. The third kappa shape index (κ3) is 5.19. The number of aryl methyl sites for hydroxylation is 2. The predicted molar refractivity (Wildman–Crippen MR) is 68.4 cm³/mol. The van der Waals surface area contributed by atoms with E-state index >= 15 is 0 Å². The van der Waals surface area contributed by atoms with Crippen molar-refractivity contribution in [1.82, 2.24) is 9.55 Å². The number of imidazole rings is 1. The zero-order chi connectivity index (χ0) is 12.5. The summed E-state index contributed by atoms with van der Waals surface area (Å²) >= 11 is 0. The standard InChI is InChI=1S/C12H23N3O2/c1-11-10-15(12(13-2)14-11)6-4-5-7-17-9-8-16-3/h10H,4-9H2,1-3H3,(H,13,14). The molecule has 0 radical (unpaired) electrons. The molecule has 1 heterocycles. The molecule has 5 nitrogen and oxygen atoms in total. The summed E-state index contributed by atoms with van der Waals surface area (Å²) in [6, 6.07) is 0. The Labute approximate surface area is 103 Å². The van der Waals surface area contributed by atoms with Crippen LogP contribution in [0, 0.1) is 6.92 Å². The first-order valence-corrected chi connectivity index (χ1v) is 6.06. The highest BCUT2D eigenvalue weighted by Gasteiger charge is 2.02. The molecule has 0 saturated carbocycles. The molecule has 0 aromatic carbocycles. The number of anilines is 1. The lowest BCUT2D eigenvalue weighted by molar-refractivity contribution is 0.0684. The Bertz CT molecular complexity index is 313. The summed E-state index contributed by atoms with van der Waals surface area (Å²) in [4.78, 5) is 4.37. The van der Waals surface area contributed by atoms with Crippen LogP contribution in [0.25, 0.3) is 0 Å². The molecule has 0 aliphatic rings. The molecule has 0 aliphatic heterocycles. The maximum absolute atomic E-state index is 5.41. The first-order valence-electron chi connectivity index (χ1n) is 6.06. The van der Waals surface area contributed by atoms with Crippen LogP contribution in [0.3, 0.4) is 0 Å². The fourth-order valence-electron chi connectivity index (χ4n) is 1.65. The summed E-state index contributed by atoms with van der Waals surface area (Å²) in [7, 11) is 3.58. The second kappa shape index (κ2) is 8.08. The van der Waals surface area contributed by atoms with E-state index in [0.29, 0.717) is 13.2 Å². The topological polar surface area (TPSA) is 48.3 Å². The average molecular weight is 241 g/mol. The normalized spacial score (nSPS) is 10.8. The largest absolute Gasteiger partial charge is 0.382 e. The second-order valence-corrected chi connectivity index (χ2v) is 3.96. The zero-order valence-corrected chi connectivity index (χ0v) is 11.0. The molecule has 1 aromatic heterocycles. The molecule has 0 fully saturated rings. The monoisotopic (exact) mass is 241 g/mol. The molecule has 0 atom stereocenters. The zero-order valence-electron chi connectivity index (χ0n) is 11.0. The van der Waals surface area contributed by atoms with Crippen molar-refractivity contribution in [2.75, 3.05) is 39.3 Å². The number of nitrogens with zero attached hydrogens (tertiary/aromatic N) is 2. The van der Waals surface area contributed by atoms with Crippen LogP contribution in [0.2, 0.25) is 0 Å². The molecule has 1 rings (SSSR count). The molecule has 1 aromatic rings. The fourth-order valence-corrected chi connectivity index (χ4v) is 1.65. The van der Waals surface area contributed by atoms with Crippen LogP contribution in [0.4, 0.5) is 5.95 Å². The predicted octanol–water partition coefficient (Wildman–Crippen LogP) is 1.68. The number of nitrogens with one attached hydrogen (secondary N) is 1. The van der Waals surface area contributed by atoms with Gasteiger partial charge < -0.3 is 19.4 Å². The van der Waals surface area contributed by atoms with Gasteiger partial charge in [-0.15, -0.1) is 0 Å². The summed E-state index contributed by atoms with van der Waals surface area (Å²) < 4.78 is 12.5. The lowest BCUT2D eigenvalue weighted by Crippen LogP contribution is -2.06. The molecule has 0 saturated heterocycles. The van der Waals surface area contributed by atoms with Gasteiger partial charge in [0.25, 0.3) is 0 Å². The van der Waals surface area contributed by atoms with Crippen LogP contribution in [-0.4, -0.2) is 43.5 Å². The van der Waals surface area contributed by atoms with E-state index in [9.17, 15) is 0 Å². The molecule has 98 valence electrons. The highest BCUT2D eigenvalue weighted by Crippen LogP contribution is 2.09. The van der Waals surface area contributed by atoms with E-state index in [2.05, 4.69) is 21.1 Å². The number of hydrogen-bond acceptors (Lipinski definition) is 4. The van der Waals surface area contributed by atoms with Crippen LogP contribution in [0.15, 0.2) is 6.20 Å². The highest BCUT2D eigenvalue weighted by molar-refractivity contribution is 5.27. The molecule has 0 unspecified atom stereocenters. The highest BCUT2D eigenvalue weighted by atomic mass is 16.5. The van der Waals surface area contributed by atoms with E-state index in [4.69, 9.17) is 9.47 Å². The Balaban J connectivity index is 2.13. The van der Waals surface area contributed by atoms with Crippen molar-refractivity contribution in [3.8, 4) is 0 Å². The van der Waals surface area contributed by atoms with Gasteiger partial charge in [-0.25, -0.2) is 4.98 Å². The number of ether oxygens (including phenoxy) is 2. The molecule has 0 spiro atoms. The van der Waals surface area contributed by atoms with Crippen molar-refractivity contribution in [3.05, 3.63) is 11.9 Å². The van der Waals surface area contributed by atoms with Gasteiger partial charge in [0.1, 0.15) is 0 Å². The van der Waals surface area contributed by atoms with Crippen molar-refractivity contribution in [1.29, 1.82) is 0 Å². The minimum atomic E-state index is 0.671. The first kappa shape index (κ1) is 14.0. The van der Waals surface area contributed by atoms with E-state index in [1.165, 1.54) is 0 Å². The molecular weight excluding hydrogens is 218 g/mol. The molecule has 5 heteroatoms. The molecule has 0 amide bonds. The van der Waals surface area contributed by atoms with Crippen molar-refractivity contribution in [2.45, 2.75) is 26.3 Å². The summed E-state index contributed by atoms with van der Waals surface area (Å²) in [6.07, 6.45) is 4.22. The molecule has 1 N–H and O–H groups in total. The van der Waals surface area contributed by atoms with Gasteiger partial charge in [-0.1, -0.05) is 0 Å². The van der Waals surface area contributed by atoms with Crippen LogP contribution >= 0.6 is 0 Å². The number of methoxy groups -OCH3 is 1. The van der Waals surface area contributed by atoms with Crippen molar-refractivity contribution >= 4 is 5.95 Å². The van der Waals surface area contributed by atoms with Gasteiger partial charge in [-0.2, -0.15) is 0 Å². The molecule has 17 heavy (non-hydrogen) atoms. The van der Waals surface area contributed by atoms with Crippen LogP contribution in [-0.2, 0) is 16.0 Å². The minimum Gasteiger partial charge on any atom is -0.382 e. The summed E-state index contributed by atoms with van der Waals surface area (Å²) in [5.74, 6) is 0.933. The minimum absolute atomic E-state index is 0.671. The summed E-state index contributed by atoms with van der Waals surface area (Å²) in [5.41, 5.74) is 1.05. The van der Waals surface area contributed by atoms with Crippen molar-refractivity contribution in [3.63, 3.8) is 0 Å². The van der Waals surface area contributed by atoms with E-state index in [1.54, 1.807) is 7.11 Å². The Kier molecular flexibility index (Phi) is 6.65. The van der Waals surface area contributed by atoms with Gasteiger partial charge in [-0.05, 0) is 19.8 Å². The van der Waals surface area contributed by atoms with E-state index in [1.807, 2.05) is 14.0 Å². The van der Waals surface area contributed by atoms with Gasteiger partial charge >= 0.3 is 0 Å². The smallest absolute Gasteiger partial charge is 0.202 e. The Morgan fingerprint density at radius 3 is 2.82 bits per heavy atom. The van der Waals surface area contributed by atoms with Crippen molar-refractivity contribution < 1.29 is 9.47 Å². The van der Waals surface area contributed by atoms with Gasteiger partial charge in [-0.3, -0.25) is 0 Å². The maximum atomic E-state index is 5.41. The first-order chi connectivity index (χ1) is 8.27. The van der Waals surface area contributed by atoms with Gasteiger partial charge in [0.05, 0.1) is 18.9 Å². The summed E-state index contributed by atoms with van der Waals surface area (Å²) in [5, 5.41) is 3.09. The Hall–Kier alpha value is -1.07. The maximum Gasteiger partial charge on any atom is 0.202 e. The van der Waals surface area contributed by atoms with Gasteiger partial charge in [0, 0.05) is 33.5 Å². The number of aromatic nitrogens is 2. The third-order valence-electron chi connectivity index (χ3n) is 2.49.